The van der Waals surface area contributed by atoms with Gasteiger partial charge in [0.15, 0.2) is 11.5 Å². The van der Waals surface area contributed by atoms with Crippen molar-refractivity contribution < 1.29 is 18.3 Å². The summed E-state index contributed by atoms with van der Waals surface area (Å²) in [5.41, 5.74) is 2.50. The van der Waals surface area contributed by atoms with E-state index >= 15 is 0 Å². The zero-order valence-electron chi connectivity index (χ0n) is 11.3. The molecule has 2 aromatic rings. The molecule has 1 aromatic heterocycles. The minimum atomic E-state index is -3.59. The Labute approximate surface area is 128 Å². The van der Waals surface area contributed by atoms with Crippen molar-refractivity contribution in [3.8, 4) is 11.5 Å². The molecule has 8 heteroatoms. The van der Waals surface area contributed by atoms with Gasteiger partial charge in [-0.05, 0) is 35.0 Å². The molecule has 5 nitrogen and oxygen atoms in total. The van der Waals surface area contributed by atoms with Crippen molar-refractivity contribution in [1.82, 2.24) is 9.78 Å². The molecule has 0 saturated carbocycles. The second-order valence-corrected chi connectivity index (χ2v) is 5.45. The number of aromatic nitrogens is 2. The Morgan fingerprint density at radius 3 is 2.71 bits per heavy atom. The highest BCUT2D eigenvalue weighted by Gasteiger charge is 2.43. The van der Waals surface area contributed by atoms with Crippen LogP contribution in [0, 0.1) is 6.92 Å². The SMILES string of the molecule is Cc1nn(C)c(CNc2ccc3c(c2)OC(F)(F)O3)c1Br. The predicted molar refractivity (Wildman–Crippen MR) is 75.6 cm³/mol. The second-order valence-electron chi connectivity index (χ2n) is 4.65. The lowest BCUT2D eigenvalue weighted by Crippen LogP contribution is -2.25. The van der Waals surface area contributed by atoms with Crippen molar-refractivity contribution in [1.29, 1.82) is 0 Å². The van der Waals surface area contributed by atoms with Gasteiger partial charge in [0.25, 0.3) is 0 Å². The smallest absolute Gasteiger partial charge is 0.395 e. The van der Waals surface area contributed by atoms with Crippen molar-refractivity contribution >= 4 is 21.6 Å². The van der Waals surface area contributed by atoms with Gasteiger partial charge < -0.3 is 14.8 Å². The van der Waals surface area contributed by atoms with Crippen LogP contribution in [0.3, 0.4) is 0 Å². The third kappa shape index (κ3) is 2.67. The summed E-state index contributed by atoms with van der Waals surface area (Å²) in [5, 5.41) is 7.43. The third-order valence-electron chi connectivity index (χ3n) is 3.12. The lowest BCUT2D eigenvalue weighted by atomic mass is 10.2. The fourth-order valence-corrected chi connectivity index (χ4v) is 2.59. The number of ether oxygens (including phenoxy) is 2. The minimum absolute atomic E-state index is 0.0188. The van der Waals surface area contributed by atoms with Crippen molar-refractivity contribution in [2.24, 2.45) is 7.05 Å². The molecule has 0 amide bonds. The number of alkyl halides is 2. The summed E-state index contributed by atoms with van der Waals surface area (Å²) < 4.78 is 37.3. The topological polar surface area (TPSA) is 48.3 Å². The normalized spacial score (nSPS) is 15.3. The summed E-state index contributed by atoms with van der Waals surface area (Å²) in [6.45, 7) is 2.39. The number of benzene rings is 1. The Morgan fingerprint density at radius 2 is 2.05 bits per heavy atom. The summed E-state index contributed by atoms with van der Waals surface area (Å²) in [4.78, 5) is 0. The molecular weight excluding hydrogens is 348 g/mol. The number of fused-ring (bicyclic) bond motifs is 1. The molecule has 1 aromatic carbocycles. The van der Waals surface area contributed by atoms with Crippen LogP contribution in [0.5, 0.6) is 11.5 Å². The molecule has 3 rings (SSSR count). The summed E-state index contributed by atoms with van der Waals surface area (Å²) in [6, 6.07) is 4.58. The second kappa shape index (κ2) is 4.87. The van der Waals surface area contributed by atoms with Gasteiger partial charge in [-0.25, -0.2) is 0 Å². The first-order chi connectivity index (χ1) is 9.85. The van der Waals surface area contributed by atoms with Gasteiger partial charge in [0, 0.05) is 18.8 Å². The first kappa shape index (κ1) is 14.1. The largest absolute Gasteiger partial charge is 0.586 e. The van der Waals surface area contributed by atoms with Crippen molar-refractivity contribution in [2.45, 2.75) is 19.8 Å². The van der Waals surface area contributed by atoms with Crippen LogP contribution in [0.1, 0.15) is 11.4 Å². The number of halogens is 3. The Kier molecular flexibility index (Phi) is 3.27. The molecule has 0 fully saturated rings. The average Bonchev–Trinajstić information content (AvgIpc) is 2.83. The zero-order chi connectivity index (χ0) is 15.2. The molecule has 0 unspecified atom stereocenters. The van der Waals surface area contributed by atoms with E-state index in [0.29, 0.717) is 12.2 Å². The van der Waals surface area contributed by atoms with E-state index in [0.717, 1.165) is 15.9 Å². The van der Waals surface area contributed by atoms with Crippen LogP contribution >= 0.6 is 15.9 Å². The predicted octanol–water partition coefficient (Wildman–Crippen LogP) is 3.42. The highest BCUT2D eigenvalue weighted by atomic mass is 79.9. The molecule has 2 heterocycles. The zero-order valence-corrected chi connectivity index (χ0v) is 12.9. The summed E-state index contributed by atoms with van der Waals surface area (Å²) in [6.07, 6.45) is -3.59. The first-order valence-electron chi connectivity index (χ1n) is 6.17. The van der Waals surface area contributed by atoms with Crippen LogP contribution in [0.15, 0.2) is 22.7 Å². The Hall–Kier alpha value is -1.83. The Bertz CT molecular complexity index is 703. The highest BCUT2D eigenvalue weighted by molar-refractivity contribution is 9.10. The van der Waals surface area contributed by atoms with Crippen molar-refractivity contribution in [3.05, 3.63) is 34.1 Å². The fourth-order valence-electron chi connectivity index (χ4n) is 2.12. The van der Waals surface area contributed by atoms with E-state index in [1.165, 1.54) is 12.1 Å². The van der Waals surface area contributed by atoms with Crippen molar-refractivity contribution in [2.75, 3.05) is 5.32 Å². The van der Waals surface area contributed by atoms with E-state index in [4.69, 9.17) is 0 Å². The molecule has 0 spiro atoms. The molecule has 0 saturated heterocycles. The molecular formula is C13H12BrF2N3O2. The van der Waals surface area contributed by atoms with E-state index < -0.39 is 6.29 Å². The van der Waals surface area contributed by atoms with E-state index in [2.05, 4.69) is 35.8 Å². The van der Waals surface area contributed by atoms with Crippen LogP contribution in [0.4, 0.5) is 14.5 Å². The lowest BCUT2D eigenvalue weighted by Gasteiger charge is -2.08. The van der Waals surface area contributed by atoms with Crippen LogP contribution in [0.25, 0.3) is 0 Å². The van der Waals surface area contributed by atoms with Gasteiger partial charge in [-0.2, -0.15) is 5.10 Å². The molecule has 21 heavy (non-hydrogen) atoms. The van der Waals surface area contributed by atoms with Gasteiger partial charge >= 0.3 is 6.29 Å². The first-order valence-corrected chi connectivity index (χ1v) is 6.97. The van der Waals surface area contributed by atoms with Gasteiger partial charge in [-0.15, -0.1) is 8.78 Å². The van der Waals surface area contributed by atoms with Crippen LogP contribution in [0.2, 0.25) is 0 Å². The number of hydrogen-bond acceptors (Lipinski definition) is 4. The Balaban J connectivity index is 1.75. The summed E-state index contributed by atoms with van der Waals surface area (Å²) >= 11 is 3.47. The van der Waals surface area contributed by atoms with Crippen molar-refractivity contribution in [3.63, 3.8) is 0 Å². The fraction of sp³-hybridized carbons (Fsp3) is 0.308. The number of nitrogens with zero attached hydrogens (tertiary/aromatic N) is 2. The van der Waals surface area contributed by atoms with E-state index in [9.17, 15) is 8.78 Å². The minimum Gasteiger partial charge on any atom is -0.395 e. The van der Waals surface area contributed by atoms with Gasteiger partial charge in [-0.3, -0.25) is 4.68 Å². The summed E-state index contributed by atoms with van der Waals surface area (Å²) in [5.74, 6) is 0.0494. The number of aryl methyl sites for hydroxylation is 2. The van der Waals surface area contributed by atoms with E-state index in [1.807, 2.05) is 14.0 Å². The maximum absolute atomic E-state index is 12.9. The van der Waals surface area contributed by atoms with Gasteiger partial charge in [-0.1, -0.05) is 0 Å². The van der Waals surface area contributed by atoms with Gasteiger partial charge in [0.2, 0.25) is 0 Å². The van der Waals surface area contributed by atoms with Crippen LogP contribution < -0.4 is 14.8 Å². The van der Waals surface area contributed by atoms with Crippen LogP contribution in [-0.4, -0.2) is 16.1 Å². The molecule has 112 valence electrons. The Morgan fingerprint density at radius 1 is 1.33 bits per heavy atom. The maximum Gasteiger partial charge on any atom is 0.586 e. The van der Waals surface area contributed by atoms with Gasteiger partial charge in [0.1, 0.15) is 0 Å². The number of anilines is 1. The van der Waals surface area contributed by atoms with Gasteiger partial charge in [0.05, 0.1) is 22.4 Å². The number of nitrogens with one attached hydrogen (secondary N) is 1. The molecule has 1 aliphatic heterocycles. The molecule has 1 aliphatic rings. The maximum atomic E-state index is 12.9. The van der Waals surface area contributed by atoms with Crippen LogP contribution in [-0.2, 0) is 13.6 Å². The lowest BCUT2D eigenvalue weighted by molar-refractivity contribution is -0.286. The quantitative estimate of drug-likeness (QED) is 0.911. The molecule has 0 radical (unpaired) electrons. The average molecular weight is 360 g/mol. The molecule has 0 atom stereocenters. The molecule has 1 N–H and O–H groups in total. The highest BCUT2D eigenvalue weighted by Crippen LogP contribution is 2.42. The third-order valence-corrected chi connectivity index (χ3v) is 4.15. The molecule has 0 aliphatic carbocycles. The summed E-state index contributed by atoms with van der Waals surface area (Å²) in [7, 11) is 1.84. The monoisotopic (exact) mass is 359 g/mol. The van der Waals surface area contributed by atoms with E-state index in [-0.39, 0.29) is 11.5 Å². The number of hydrogen-bond donors (Lipinski definition) is 1. The van der Waals surface area contributed by atoms with E-state index in [1.54, 1.807) is 10.7 Å². The molecule has 0 bridgehead atoms. The standard InChI is InChI=1S/C13H12BrF2N3O2/c1-7-12(14)9(19(2)18-7)6-17-8-3-4-10-11(5-8)21-13(15,16)20-10/h3-5,17H,6H2,1-2H3. The number of rotatable bonds is 3.